The van der Waals surface area contributed by atoms with Crippen molar-refractivity contribution >= 4 is 11.3 Å². The van der Waals surface area contributed by atoms with Crippen LogP contribution in [0.3, 0.4) is 0 Å². The molecule has 3 heterocycles. The van der Waals surface area contributed by atoms with Gasteiger partial charge in [-0.05, 0) is 34.4 Å². The zero-order chi connectivity index (χ0) is 12.4. The molecule has 1 aliphatic rings. The Labute approximate surface area is 110 Å². The van der Waals surface area contributed by atoms with E-state index in [1.165, 1.54) is 11.1 Å². The molecule has 96 valence electrons. The van der Waals surface area contributed by atoms with Gasteiger partial charge >= 0.3 is 0 Å². The predicted molar refractivity (Wildman–Crippen MR) is 69.6 cm³/mol. The highest BCUT2D eigenvalue weighted by Crippen LogP contribution is 2.25. The van der Waals surface area contributed by atoms with E-state index in [4.69, 9.17) is 9.47 Å². The van der Waals surface area contributed by atoms with Crippen molar-refractivity contribution < 1.29 is 9.47 Å². The van der Waals surface area contributed by atoms with Gasteiger partial charge in [-0.15, -0.1) is 0 Å². The Bertz CT molecular complexity index is 507. The van der Waals surface area contributed by atoms with Crippen molar-refractivity contribution in [3.63, 3.8) is 0 Å². The number of ether oxygens (including phenoxy) is 2. The van der Waals surface area contributed by atoms with Gasteiger partial charge in [0.25, 0.3) is 0 Å². The van der Waals surface area contributed by atoms with Gasteiger partial charge in [-0.2, -0.15) is 16.4 Å². The molecule has 0 radical (unpaired) electrons. The minimum atomic E-state index is -0.0198. The van der Waals surface area contributed by atoms with Crippen LogP contribution in [-0.4, -0.2) is 23.0 Å². The molecule has 18 heavy (non-hydrogen) atoms. The maximum Gasteiger partial charge on any atom is 0.125 e. The van der Waals surface area contributed by atoms with E-state index in [-0.39, 0.29) is 6.10 Å². The Hall–Kier alpha value is -1.17. The van der Waals surface area contributed by atoms with Gasteiger partial charge in [-0.1, -0.05) is 0 Å². The van der Waals surface area contributed by atoms with E-state index in [0.717, 1.165) is 18.7 Å². The topological polar surface area (TPSA) is 36.3 Å². The summed E-state index contributed by atoms with van der Waals surface area (Å²) in [4.78, 5) is 0. The number of fused-ring (bicyclic) bond motifs is 1. The molecular formula is C13H16N2O2S. The molecule has 0 saturated heterocycles. The molecule has 0 bridgehead atoms. The third-order valence-corrected chi connectivity index (χ3v) is 3.78. The third kappa shape index (κ3) is 2.48. The van der Waals surface area contributed by atoms with E-state index >= 15 is 0 Å². The first-order chi connectivity index (χ1) is 8.83. The standard InChI is InChI=1S/C13H16N2O2S/c1-15-6-11-2-4-17-12(13(11)14-15)8-16-7-10-3-5-18-9-10/h3,5-6,9,12H,2,4,7-8H2,1H3/t12-/m1/s1. The first kappa shape index (κ1) is 11.9. The van der Waals surface area contributed by atoms with Crippen LogP contribution in [0.25, 0.3) is 0 Å². The lowest BCUT2D eigenvalue weighted by atomic mass is 10.1. The molecule has 4 nitrogen and oxygen atoms in total. The minimum absolute atomic E-state index is 0.0198. The Morgan fingerprint density at radius 1 is 1.61 bits per heavy atom. The summed E-state index contributed by atoms with van der Waals surface area (Å²) in [5.74, 6) is 0. The van der Waals surface area contributed by atoms with E-state index in [1.54, 1.807) is 11.3 Å². The fourth-order valence-corrected chi connectivity index (χ4v) is 2.85. The highest BCUT2D eigenvalue weighted by molar-refractivity contribution is 7.07. The van der Waals surface area contributed by atoms with Crippen LogP contribution in [-0.2, 0) is 29.5 Å². The Morgan fingerprint density at radius 3 is 3.39 bits per heavy atom. The summed E-state index contributed by atoms with van der Waals surface area (Å²) in [5, 5.41) is 8.63. The average molecular weight is 264 g/mol. The predicted octanol–water partition coefficient (Wildman–Crippen LogP) is 2.31. The zero-order valence-electron chi connectivity index (χ0n) is 10.3. The minimum Gasteiger partial charge on any atom is -0.374 e. The normalized spacial score (nSPS) is 18.8. The van der Waals surface area contributed by atoms with Gasteiger partial charge < -0.3 is 9.47 Å². The smallest absolute Gasteiger partial charge is 0.125 e. The van der Waals surface area contributed by atoms with Crippen LogP contribution in [0.1, 0.15) is 22.9 Å². The highest BCUT2D eigenvalue weighted by Gasteiger charge is 2.24. The van der Waals surface area contributed by atoms with Crippen LogP contribution in [0.15, 0.2) is 23.0 Å². The molecule has 0 N–H and O–H groups in total. The molecule has 2 aromatic rings. The van der Waals surface area contributed by atoms with Crippen LogP contribution in [0.4, 0.5) is 0 Å². The lowest BCUT2D eigenvalue weighted by Crippen LogP contribution is -2.20. The number of hydrogen-bond donors (Lipinski definition) is 0. The molecule has 0 amide bonds. The second kappa shape index (κ2) is 5.22. The summed E-state index contributed by atoms with van der Waals surface area (Å²) >= 11 is 1.69. The second-order valence-electron chi connectivity index (χ2n) is 4.47. The summed E-state index contributed by atoms with van der Waals surface area (Å²) in [6.07, 6.45) is 3.00. The van der Waals surface area contributed by atoms with Crippen molar-refractivity contribution in [1.29, 1.82) is 0 Å². The van der Waals surface area contributed by atoms with Crippen molar-refractivity contribution in [2.45, 2.75) is 19.1 Å². The van der Waals surface area contributed by atoms with Crippen molar-refractivity contribution in [1.82, 2.24) is 9.78 Å². The van der Waals surface area contributed by atoms with Crippen LogP contribution in [0.2, 0.25) is 0 Å². The van der Waals surface area contributed by atoms with Gasteiger partial charge in [0.2, 0.25) is 0 Å². The molecule has 0 aromatic carbocycles. The second-order valence-corrected chi connectivity index (χ2v) is 5.25. The van der Waals surface area contributed by atoms with Crippen LogP contribution >= 0.6 is 11.3 Å². The van der Waals surface area contributed by atoms with E-state index in [1.807, 2.05) is 11.7 Å². The van der Waals surface area contributed by atoms with E-state index in [2.05, 4.69) is 28.1 Å². The van der Waals surface area contributed by atoms with Gasteiger partial charge in [0.1, 0.15) is 6.10 Å². The fraction of sp³-hybridized carbons (Fsp3) is 0.462. The molecule has 0 saturated carbocycles. The quantitative estimate of drug-likeness (QED) is 0.850. The van der Waals surface area contributed by atoms with Crippen molar-refractivity contribution in [3.05, 3.63) is 39.8 Å². The molecule has 1 atom stereocenters. The van der Waals surface area contributed by atoms with E-state index in [0.29, 0.717) is 13.2 Å². The Balaban J connectivity index is 1.60. The number of aryl methyl sites for hydroxylation is 1. The highest BCUT2D eigenvalue weighted by atomic mass is 32.1. The monoisotopic (exact) mass is 264 g/mol. The SMILES string of the molecule is Cn1cc2c(n1)[C@@H](COCc1ccsc1)OCC2. The largest absolute Gasteiger partial charge is 0.374 e. The molecule has 0 unspecified atom stereocenters. The molecule has 0 aliphatic carbocycles. The Morgan fingerprint density at radius 2 is 2.56 bits per heavy atom. The zero-order valence-corrected chi connectivity index (χ0v) is 11.2. The third-order valence-electron chi connectivity index (χ3n) is 3.05. The molecule has 3 rings (SSSR count). The summed E-state index contributed by atoms with van der Waals surface area (Å²) < 4.78 is 13.3. The lowest BCUT2D eigenvalue weighted by molar-refractivity contribution is -0.0320. The molecule has 0 fully saturated rings. The van der Waals surface area contributed by atoms with Crippen LogP contribution in [0.5, 0.6) is 0 Å². The van der Waals surface area contributed by atoms with Gasteiger partial charge in [0.15, 0.2) is 0 Å². The summed E-state index contributed by atoms with van der Waals surface area (Å²) in [7, 11) is 1.95. The average Bonchev–Trinajstić information content (AvgIpc) is 2.97. The molecule has 1 aliphatic heterocycles. The number of nitrogens with zero attached hydrogens (tertiary/aromatic N) is 2. The number of hydrogen-bond acceptors (Lipinski definition) is 4. The first-order valence-corrected chi connectivity index (χ1v) is 7.00. The van der Waals surface area contributed by atoms with E-state index < -0.39 is 0 Å². The van der Waals surface area contributed by atoms with Gasteiger partial charge in [-0.3, -0.25) is 4.68 Å². The molecule has 2 aromatic heterocycles. The first-order valence-electron chi connectivity index (χ1n) is 6.06. The maximum absolute atomic E-state index is 5.74. The van der Waals surface area contributed by atoms with Crippen molar-refractivity contribution in [2.24, 2.45) is 7.05 Å². The van der Waals surface area contributed by atoms with Gasteiger partial charge in [0, 0.05) is 13.2 Å². The lowest BCUT2D eigenvalue weighted by Gasteiger charge is -2.21. The molecule has 0 spiro atoms. The Kier molecular flexibility index (Phi) is 3.45. The van der Waals surface area contributed by atoms with Crippen LogP contribution < -0.4 is 0 Å². The number of aromatic nitrogens is 2. The molecular weight excluding hydrogens is 248 g/mol. The van der Waals surface area contributed by atoms with E-state index in [9.17, 15) is 0 Å². The summed E-state index contributed by atoms with van der Waals surface area (Å²) in [5.41, 5.74) is 3.54. The van der Waals surface area contributed by atoms with Crippen molar-refractivity contribution in [2.75, 3.05) is 13.2 Å². The molecule has 5 heteroatoms. The fourth-order valence-electron chi connectivity index (χ4n) is 2.19. The summed E-state index contributed by atoms with van der Waals surface area (Å²) in [6.45, 7) is 1.97. The summed E-state index contributed by atoms with van der Waals surface area (Å²) in [6, 6.07) is 2.08. The van der Waals surface area contributed by atoms with Gasteiger partial charge in [-0.25, -0.2) is 0 Å². The number of rotatable bonds is 4. The van der Waals surface area contributed by atoms with Gasteiger partial charge in [0.05, 0.1) is 25.5 Å². The van der Waals surface area contributed by atoms with Crippen LogP contribution in [0, 0.1) is 0 Å². The maximum atomic E-state index is 5.74. The van der Waals surface area contributed by atoms with Crippen molar-refractivity contribution in [3.8, 4) is 0 Å². The number of thiophene rings is 1.